The lowest BCUT2D eigenvalue weighted by Crippen LogP contribution is -2.02. The van der Waals surface area contributed by atoms with E-state index in [2.05, 4.69) is 51.6 Å². The van der Waals surface area contributed by atoms with E-state index in [1.165, 1.54) is 16.7 Å². The minimum absolute atomic E-state index is 0.586. The van der Waals surface area contributed by atoms with Crippen LogP contribution >= 0.6 is 0 Å². The molecule has 0 aliphatic heterocycles. The zero-order valence-electron chi connectivity index (χ0n) is 9.51. The van der Waals surface area contributed by atoms with Crippen molar-refractivity contribution in [3.63, 3.8) is 0 Å². The maximum absolute atomic E-state index is 4.01. The van der Waals surface area contributed by atoms with Crippen molar-refractivity contribution in [1.82, 2.24) is 0 Å². The molecule has 0 bridgehead atoms. The molecule has 1 unspecified atom stereocenters. The number of aryl methyl sites for hydroxylation is 1. The van der Waals surface area contributed by atoms with Crippen LogP contribution in [0.1, 0.15) is 31.9 Å². The van der Waals surface area contributed by atoms with Gasteiger partial charge in [0.2, 0.25) is 0 Å². The molecule has 0 fully saturated rings. The van der Waals surface area contributed by atoms with E-state index in [1.54, 1.807) is 0 Å². The van der Waals surface area contributed by atoms with Gasteiger partial charge in [-0.2, -0.15) is 0 Å². The molecule has 0 aliphatic carbocycles. The Labute approximate surface area is 87.7 Å². The third-order valence-electron chi connectivity index (χ3n) is 2.87. The van der Waals surface area contributed by atoms with Crippen molar-refractivity contribution in [1.29, 1.82) is 0 Å². The quantitative estimate of drug-likeness (QED) is 0.626. The molecule has 0 N–H and O–H groups in total. The van der Waals surface area contributed by atoms with E-state index in [4.69, 9.17) is 0 Å². The minimum atomic E-state index is 0.586. The standard InChI is InChI=1S/C14H20/c1-5-13-8-6-7-9-14(13)10-12(4)11(2)3/h6-9,12H,2,5,10H2,1,3-4H3. The number of benzene rings is 1. The lowest BCUT2D eigenvalue weighted by Gasteiger charge is -2.13. The first-order chi connectivity index (χ1) is 6.65. The van der Waals surface area contributed by atoms with Crippen LogP contribution in [-0.2, 0) is 12.8 Å². The Morgan fingerprint density at radius 2 is 1.86 bits per heavy atom. The van der Waals surface area contributed by atoms with Gasteiger partial charge in [0.1, 0.15) is 0 Å². The van der Waals surface area contributed by atoms with Crippen LogP contribution < -0.4 is 0 Å². The second kappa shape index (κ2) is 4.99. The van der Waals surface area contributed by atoms with Crippen molar-refractivity contribution in [2.75, 3.05) is 0 Å². The van der Waals surface area contributed by atoms with E-state index in [0.717, 1.165) is 12.8 Å². The molecule has 76 valence electrons. The Hall–Kier alpha value is -1.04. The number of hydrogen-bond acceptors (Lipinski definition) is 0. The van der Waals surface area contributed by atoms with Crippen LogP contribution in [0.3, 0.4) is 0 Å². The summed E-state index contributed by atoms with van der Waals surface area (Å²) < 4.78 is 0. The van der Waals surface area contributed by atoms with Crippen LogP contribution in [0, 0.1) is 5.92 Å². The van der Waals surface area contributed by atoms with Crippen molar-refractivity contribution in [3.8, 4) is 0 Å². The number of allylic oxidation sites excluding steroid dienone is 1. The van der Waals surface area contributed by atoms with Crippen LogP contribution in [-0.4, -0.2) is 0 Å². The lowest BCUT2D eigenvalue weighted by atomic mass is 9.92. The van der Waals surface area contributed by atoms with Crippen molar-refractivity contribution >= 4 is 0 Å². The second-order valence-corrected chi connectivity index (χ2v) is 4.07. The summed E-state index contributed by atoms with van der Waals surface area (Å²) in [4.78, 5) is 0. The molecular weight excluding hydrogens is 168 g/mol. The smallest absolute Gasteiger partial charge is 0.0197 e. The van der Waals surface area contributed by atoms with Gasteiger partial charge in [0.15, 0.2) is 0 Å². The van der Waals surface area contributed by atoms with Gasteiger partial charge in [-0.1, -0.05) is 50.3 Å². The van der Waals surface area contributed by atoms with Gasteiger partial charge in [0, 0.05) is 0 Å². The topological polar surface area (TPSA) is 0 Å². The molecule has 0 aromatic heterocycles. The summed E-state index contributed by atoms with van der Waals surface area (Å²) in [5, 5.41) is 0. The van der Waals surface area contributed by atoms with Crippen LogP contribution in [0.5, 0.6) is 0 Å². The highest BCUT2D eigenvalue weighted by atomic mass is 14.1. The molecule has 1 rings (SSSR count). The molecule has 0 saturated carbocycles. The van der Waals surface area contributed by atoms with Gasteiger partial charge >= 0.3 is 0 Å². The zero-order valence-corrected chi connectivity index (χ0v) is 9.51. The first-order valence-electron chi connectivity index (χ1n) is 5.37. The number of rotatable bonds is 4. The number of hydrogen-bond donors (Lipinski definition) is 0. The Morgan fingerprint density at radius 1 is 1.29 bits per heavy atom. The van der Waals surface area contributed by atoms with E-state index in [0.29, 0.717) is 5.92 Å². The molecule has 0 amide bonds. The van der Waals surface area contributed by atoms with Crippen LogP contribution in [0.2, 0.25) is 0 Å². The highest BCUT2D eigenvalue weighted by molar-refractivity contribution is 5.28. The van der Waals surface area contributed by atoms with Crippen molar-refractivity contribution in [2.45, 2.75) is 33.6 Å². The van der Waals surface area contributed by atoms with E-state index < -0.39 is 0 Å². The Morgan fingerprint density at radius 3 is 2.36 bits per heavy atom. The van der Waals surface area contributed by atoms with E-state index in [9.17, 15) is 0 Å². The van der Waals surface area contributed by atoms with Crippen LogP contribution in [0.15, 0.2) is 36.4 Å². The summed E-state index contributed by atoms with van der Waals surface area (Å²) in [6.07, 6.45) is 2.25. The SMILES string of the molecule is C=C(C)C(C)Cc1ccccc1CC. The maximum Gasteiger partial charge on any atom is -0.0197 e. The molecule has 0 aliphatic rings. The highest BCUT2D eigenvalue weighted by Gasteiger charge is 2.06. The fourth-order valence-corrected chi connectivity index (χ4v) is 1.61. The van der Waals surface area contributed by atoms with Crippen LogP contribution in [0.4, 0.5) is 0 Å². The van der Waals surface area contributed by atoms with Gasteiger partial charge in [-0.15, -0.1) is 0 Å². The van der Waals surface area contributed by atoms with Crippen molar-refractivity contribution < 1.29 is 0 Å². The monoisotopic (exact) mass is 188 g/mol. The molecule has 0 saturated heterocycles. The average Bonchev–Trinajstić information content (AvgIpc) is 2.18. The molecule has 0 heterocycles. The second-order valence-electron chi connectivity index (χ2n) is 4.07. The summed E-state index contributed by atoms with van der Waals surface area (Å²) >= 11 is 0. The van der Waals surface area contributed by atoms with Gasteiger partial charge in [-0.05, 0) is 36.8 Å². The molecule has 0 spiro atoms. The Bertz CT molecular complexity index is 310. The first-order valence-corrected chi connectivity index (χ1v) is 5.37. The van der Waals surface area contributed by atoms with E-state index >= 15 is 0 Å². The summed E-state index contributed by atoms with van der Waals surface area (Å²) in [6, 6.07) is 8.70. The van der Waals surface area contributed by atoms with Gasteiger partial charge < -0.3 is 0 Å². The van der Waals surface area contributed by atoms with Crippen LogP contribution in [0.25, 0.3) is 0 Å². The predicted octanol–water partition coefficient (Wildman–Crippen LogP) is 4.00. The predicted molar refractivity (Wildman–Crippen MR) is 63.5 cm³/mol. The molecule has 0 nitrogen and oxygen atoms in total. The Kier molecular flexibility index (Phi) is 3.94. The average molecular weight is 188 g/mol. The van der Waals surface area contributed by atoms with Gasteiger partial charge in [-0.25, -0.2) is 0 Å². The lowest BCUT2D eigenvalue weighted by molar-refractivity contribution is 0.675. The molecular formula is C14H20. The molecule has 1 aromatic carbocycles. The van der Waals surface area contributed by atoms with E-state index in [1.807, 2.05) is 0 Å². The summed E-state index contributed by atoms with van der Waals surface area (Å²) in [7, 11) is 0. The molecule has 0 radical (unpaired) electrons. The van der Waals surface area contributed by atoms with Gasteiger partial charge in [0.05, 0.1) is 0 Å². The fraction of sp³-hybridized carbons (Fsp3) is 0.429. The van der Waals surface area contributed by atoms with E-state index in [-0.39, 0.29) is 0 Å². The third kappa shape index (κ3) is 2.73. The largest absolute Gasteiger partial charge is 0.0999 e. The zero-order chi connectivity index (χ0) is 10.6. The van der Waals surface area contributed by atoms with Gasteiger partial charge in [0.25, 0.3) is 0 Å². The molecule has 0 heteroatoms. The minimum Gasteiger partial charge on any atom is -0.0999 e. The molecule has 14 heavy (non-hydrogen) atoms. The third-order valence-corrected chi connectivity index (χ3v) is 2.87. The fourth-order valence-electron chi connectivity index (χ4n) is 1.61. The maximum atomic E-state index is 4.01. The first kappa shape index (κ1) is 11.0. The van der Waals surface area contributed by atoms with Crippen molar-refractivity contribution in [3.05, 3.63) is 47.5 Å². The molecule has 1 aromatic rings. The summed E-state index contributed by atoms with van der Waals surface area (Å²) in [5.41, 5.74) is 4.22. The van der Waals surface area contributed by atoms with Crippen molar-refractivity contribution in [2.24, 2.45) is 5.92 Å². The highest BCUT2D eigenvalue weighted by Crippen LogP contribution is 2.18. The molecule has 1 atom stereocenters. The summed E-state index contributed by atoms with van der Waals surface area (Å²) in [5.74, 6) is 0.586. The Balaban J connectivity index is 2.80. The van der Waals surface area contributed by atoms with Gasteiger partial charge in [-0.3, -0.25) is 0 Å². The normalized spacial score (nSPS) is 12.5. The summed E-state index contributed by atoms with van der Waals surface area (Å²) in [6.45, 7) is 10.6.